The number of alkyl halides is 3. The van der Waals surface area contributed by atoms with Crippen LogP contribution in [0, 0.1) is 5.82 Å². The van der Waals surface area contributed by atoms with Gasteiger partial charge in [0.25, 0.3) is 10.2 Å². The van der Waals surface area contributed by atoms with Crippen molar-refractivity contribution in [2.45, 2.75) is 31.1 Å². The Morgan fingerprint density at radius 2 is 1.79 bits per heavy atom. The number of hydrogen-bond donors (Lipinski definition) is 2. The summed E-state index contributed by atoms with van der Waals surface area (Å²) >= 11 is 0. The summed E-state index contributed by atoms with van der Waals surface area (Å²) in [4.78, 5) is 8.90. The van der Waals surface area contributed by atoms with Crippen molar-refractivity contribution in [2.24, 2.45) is 5.73 Å². The van der Waals surface area contributed by atoms with Crippen LogP contribution in [0.25, 0.3) is 0 Å². The van der Waals surface area contributed by atoms with Crippen molar-refractivity contribution in [3.63, 3.8) is 0 Å². The van der Waals surface area contributed by atoms with Gasteiger partial charge in [-0.3, -0.25) is 0 Å². The number of rotatable bonds is 7. The van der Waals surface area contributed by atoms with Crippen LogP contribution in [-0.4, -0.2) is 79.8 Å². The van der Waals surface area contributed by atoms with Crippen molar-refractivity contribution in [1.82, 2.24) is 8.61 Å². The average molecular weight is 564 g/mol. The summed E-state index contributed by atoms with van der Waals surface area (Å²) < 4.78 is 87.2. The number of ether oxygens (including phenoxy) is 2. The molecule has 2 aromatic carbocycles. The van der Waals surface area contributed by atoms with Gasteiger partial charge in [0.2, 0.25) is 0 Å². The molecular weight excluding hydrogens is 534 g/mol. The fourth-order valence-corrected chi connectivity index (χ4v) is 6.03. The summed E-state index contributed by atoms with van der Waals surface area (Å²) in [6, 6.07) is 13.6. The third kappa shape index (κ3) is 7.63. The number of aliphatic carboxylic acids is 1. The molecule has 0 bridgehead atoms. The molecule has 0 spiro atoms. The molecule has 2 fully saturated rings. The number of morpholine rings is 1. The van der Waals surface area contributed by atoms with Crippen LogP contribution >= 0.6 is 0 Å². The SMILES string of the molecule is NCc1cccc(OC[C@H]2C[C@@H](c3ccccc3F)CN2S(=O)(=O)N2CCOCC2)c1.O=C(O)C(F)(F)F. The lowest BCUT2D eigenvalue weighted by Crippen LogP contribution is -2.51. The maximum absolute atomic E-state index is 14.4. The van der Waals surface area contributed by atoms with Crippen LogP contribution in [-0.2, 0) is 26.3 Å². The zero-order chi connectivity index (χ0) is 27.9. The molecule has 0 amide bonds. The summed E-state index contributed by atoms with van der Waals surface area (Å²) in [6.45, 7) is 2.17. The van der Waals surface area contributed by atoms with Gasteiger partial charge < -0.3 is 20.3 Å². The predicted molar refractivity (Wildman–Crippen MR) is 129 cm³/mol. The number of carboxylic acids is 1. The van der Waals surface area contributed by atoms with E-state index in [1.807, 2.05) is 24.3 Å². The Morgan fingerprint density at radius 3 is 2.39 bits per heavy atom. The lowest BCUT2D eigenvalue weighted by Gasteiger charge is -2.32. The molecule has 4 rings (SSSR count). The summed E-state index contributed by atoms with van der Waals surface area (Å²) in [5.74, 6) is -2.66. The molecule has 3 N–H and O–H groups in total. The number of carboxylic acid groups (broad SMARTS) is 1. The Morgan fingerprint density at radius 1 is 1.13 bits per heavy atom. The van der Waals surface area contributed by atoms with Crippen LogP contribution in [0.4, 0.5) is 17.6 Å². The number of nitrogens with zero attached hydrogens (tertiary/aromatic N) is 2. The molecule has 9 nitrogen and oxygen atoms in total. The minimum absolute atomic E-state index is 0.183. The molecule has 0 unspecified atom stereocenters. The smallest absolute Gasteiger partial charge is 0.490 e. The van der Waals surface area contributed by atoms with Crippen LogP contribution in [0.15, 0.2) is 48.5 Å². The van der Waals surface area contributed by atoms with E-state index >= 15 is 0 Å². The topological polar surface area (TPSA) is 122 Å². The highest BCUT2D eigenvalue weighted by Crippen LogP contribution is 2.36. The van der Waals surface area contributed by atoms with Crippen molar-refractivity contribution in [2.75, 3.05) is 39.5 Å². The van der Waals surface area contributed by atoms with Crippen LogP contribution < -0.4 is 10.5 Å². The number of nitrogens with two attached hydrogens (primary N) is 1. The van der Waals surface area contributed by atoms with E-state index in [9.17, 15) is 26.0 Å². The van der Waals surface area contributed by atoms with E-state index in [4.69, 9.17) is 25.1 Å². The van der Waals surface area contributed by atoms with Crippen molar-refractivity contribution in [3.8, 4) is 5.75 Å². The van der Waals surface area contributed by atoms with Gasteiger partial charge in [0, 0.05) is 32.1 Å². The molecule has 2 aliphatic rings. The molecule has 2 aliphatic heterocycles. The van der Waals surface area contributed by atoms with Gasteiger partial charge in [0.1, 0.15) is 18.2 Å². The fourth-order valence-electron chi connectivity index (χ4n) is 4.23. The second-order valence-electron chi connectivity index (χ2n) is 8.66. The van der Waals surface area contributed by atoms with Gasteiger partial charge in [-0.05, 0) is 35.7 Å². The van der Waals surface area contributed by atoms with Crippen molar-refractivity contribution < 1.29 is 45.4 Å². The minimum Gasteiger partial charge on any atom is -0.492 e. The van der Waals surface area contributed by atoms with Crippen LogP contribution in [0.1, 0.15) is 23.5 Å². The molecule has 210 valence electrons. The van der Waals surface area contributed by atoms with E-state index in [0.29, 0.717) is 50.6 Å². The van der Waals surface area contributed by atoms with E-state index in [0.717, 1.165) is 5.56 Å². The van der Waals surface area contributed by atoms with E-state index in [1.165, 1.54) is 14.7 Å². The van der Waals surface area contributed by atoms with Crippen molar-refractivity contribution in [1.29, 1.82) is 0 Å². The highest BCUT2D eigenvalue weighted by atomic mass is 32.2. The summed E-state index contributed by atoms with van der Waals surface area (Å²) in [5.41, 5.74) is 7.18. The molecule has 0 radical (unpaired) electrons. The second-order valence-corrected chi connectivity index (χ2v) is 10.5. The molecule has 0 aromatic heterocycles. The Labute approximate surface area is 217 Å². The summed E-state index contributed by atoms with van der Waals surface area (Å²) in [5, 5.41) is 7.12. The monoisotopic (exact) mass is 563 g/mol. The Balaban J connectivity index is 0.000000505. The number of hydrogen-bond acceptors (Lipinski definition) is 6. The average Bonchev–Trinajstić information content (AvgIpc) is 3.33. The van der Waals surface area contributed by atoms with Crippen molar-refractivity contribution >= 4 is 16.2 Å². The largest absolute Gasteiger partial charge is 0.492 e. The normalized spacial score (nSPS) is 21.0. The lowest BCUT2D eigenvalue weighted by molar-refractivity contribution is -0.192. The van der Waals surface area contributed by atoms with Gasteiger partial charge in [-0.1, -0.05) is 30.3 Å². The van der Waals surface area contributed by atoms with Gasteiger partial charge in [-0.15, -0.1) is 0 Å². The molecular formula is C24H29F4N3O6S. The second kappa shape index (κ2) is 12.8. The fraction of sp³-hybridized carbons (Fsp3) is 0.458. The van der Waals surface area contributed by atoms with Gasteiger partial charge in [0.15, 0.2) is 0 Å². The van der Waals surface area contributed by atoms with Crippen molar-refractivity contribution in [3.05, 3.63) is 65.5 Å². The summed E-state index contributed by atoms with van der Waals surface area (Å²) in [7, 11) is -3.72. The minimum atomic E-state index is -5.08. The molecule has 2 heterocycles. The molecule has 2 atom stereocenters. The highest BCUT2D eigenvalue weighted by molar-refractivity contribution is 7.86. The standard InChI is InChI=1S/C22H28FN3O4S.C2HF3O2/c23-22-7-2-1-6-21(22)18-13-19(16-30-20-5-3-4-17(12-20)14-24)26(15-18)31(27,28)25-8-10-29-11-9-25;3-2(4,5)1(6)7/h1-7,12,18-19H,8-11,13-16,24H2;(H,6,7)/t18-,19-;/m1./s1. The molecule has 38 heavy (non-hydrogen) atoms. The summed E-state index contributed by atoms with van der Waals surface area (Å²) in [6.07, 6.45) is -4.60. The third-order valence-electron chi connectivity index (χ3n) is 6.12. The maximum Gasteiger partial charge on any atom is 0.490 e. The van der Waals surface area contributed by atoms with E-state index < -0.39 is 28.4 Å². The Bertz CT molecular complexity index is 1190. The lowest BCUT2D eigenvalue weighted by atomic mass is 9.96. The van der Waals surface area contributed by atoms with E-state index in [-0.39, 0.29) is 24.9 Å². The first-order valence-corrected chi connectivity index (χ1v) is 13.1. The molecule has 0 aliphatic carbocycles. The predicted octanol–water partition coefficient (Wildman–Crippen LogP) is 2.73. The molecule has 14 heteroatoms. The van der Waals surface area contributed by atoms with Gasteiger partial charge in [-0.25, -0.2) is 9.18 Å². The number of benzene rings is 2. The third-order valence-corrected chi connectivity index (χ3v) is 8.18. The van der Waals surface area contributed by atoms with Gasteiger partial charge in [-0.2, -0.15) is 30.2 Å². The number of halogens is 4. The first-order chi connectivity index (χ1) is 17.9. The van der Waals surface area contributed by atoms with Gasteiger partial charge >= 0.3 is 12.1 Å². The highest BCUT2D eigenvalue weighted by Gasteiger charge is 2.44. The molecule has 2 saturated heterocycles. The molecule has 0 saturated carbocycles. The first kappa shape index (κ1) is 29.8. The van der Waals surface area contributed by atoms with Crippen LogP contribution in [0.5, 0.6) is 5.75 Å². The number of carbonyl (C=O) groups is 1. The zero-order valence-electron chi connectivity index (χ0n) is 20.3. The van der Waals surface area contributed by atoms with Crippen LogP contribution in [0.3, 0.4) is 0 Å². The zero-order valence-corrected chi connectivity index (χ0v) is 21.1. The quantitative estimate of drug-likeness (QED) is 0.497. The Hall–Kier alpha value is -2.78. The van der Waals surface area contributed by atoms with E-state index in [1.54, 1.807) is 18.2 Å². The van der Waals surface area contributed by atoms with Gasteiger partial charge in [0.05, 0.1) is 19.3 Å². The van der Waals surface area contributed by atoms with Crippen LogP contribution in [0.2, 0.25) is 0 Å². The van der Waals surface area contributed by atoms with E-state index in [2.05, 4.69) is 0 Å². The maximum atomic E-state index is 14.4. The Kier molecular flexibility index (Phi) is 10.1. The first-order valence-electron chi connectivity index (χ1n) is 11.7. The molecule has 2 aromatic rings.